The van der Waals surface area contributed by atoms with E-state index in [1.165, 1.54) is 0 Å². The fraction of sp³-hybridized carbons (Fsp3) is 0.800. The molecule has 0 spiro atoms. The first kappa shape index (κ1) is 10.8. The largest absolute Gasteiger partial charge is 0.270 e. The Morgan fingerprint density at radius 1 is 1.57 bits per heavy atom. The van der Waals surface area contributed by atoms with Crippen LogP contribution in [-0.4, -0.2) is 28.5 Å². The van der Waals surface area contributed by atoms with Crippen LogP contribution in [0.1, 0.15) is 40.0 Å². The van der Waals surface area contributed by atoms with Crippen molar-refractivity contribution in [1.29, 1.82) is 5.26 Å². The summed E-state index contributed by atoms with van der Waals surface area (Å²) in [6.07, 6.45) is 7.21. The van der Waals surface area contributed by atoms with Gasteiger partial charge in [-0.2, -0.15) is 10.4 Å². The van der Waals surface area contributed by atoms with E-state index in [1.807, 2.05) is 5.01 Å². The molecule has 0 aromatic heterocycles. The molecule has 0 aromatic carbocycles. The second-order valence-corrected chi connectivity index (χ2v) is 3.83. The fourth-order valence-corrected chi connectivity index (χ4v) is 1.62. The molecule has 1 aliphatic heterocycles. The van der Waals surface area contributed by atoms with Crippen LogP contribution in [0.15, 0.2) is 5.10 Å². The molecule has 0 radical (unpaired) electrons. The molecule has 0 N–H and O–H groups in total. The van der Waals surface area contributed by atoms with Crippen LogP contribution in [0.3, 0.4) is 0 Å². The van der Waals surface area contributed by atoms with Crippen LogP contribution in [0.2, 0.25) is 0 Å². The van der Waals surface area contributed by atoms with Crippen LogP contribution < -0.4 is 0 Å². The van der Waals surface area contributed by atoms with Gasteiger partial charge in [-0.15, -0.1) is 0 Å². The van der Waals surface area contributed by atoms with Crippen molar-refractivity contribution in [3.63, 3.8) is 0 Å². The van der Waals surface area contributed by atoms with E-state index in [9.17, 15) is 0 Å². The molecule has 0 fully saturated rings. The lowest BCUT2D eigenvalue weighted by atomic mass is 10.2. The van der Waals surface area contributed by atoms with Crippen molar-refractivity contribution in [2.45, 2.75) is 52.2 Å². The van der Waals surface area contributed by atoms with Gasteiger partial charge < -0.3 is 0 Å². The Balaban J connectivity index is 2.61. The van der Waals surface area contributed by atoms with Crippen LogP contribution in [0.5, 0.6) is 0 Å². The van der Waals surface area contributed by atoms with Crippen molar-refractivity contribution in [2.24, 2.45) is 5.10 Å². The molecule has 0 amide bonds. The maximum absolute atomic E-state index is 8.89. The highest BCUT2D eigenvalue weighted by Gasteiger charge is 2.28. The SMILES string of the molecule is CCCCC1N(C#N)C=NN1C(C)C. The zero-order valence-electron chi connectivity index (χ0n) is 9.14. The number of rotatable bonds is 4. The lowest BCUT2D eigenvalue weighted by Crippen LogP contribution is -2.40. The van der Waals surface area contributed by atoms with Crippen molar-refractivity contribution >= 4 is 6.34 Å². The van der Waals surface area contributed by atoms with Crippen molar-refractivity contribution in [2.75, 3.05) is 0 Å². The first-order valence-corrected chi connectivity index (χ1v) is 5.21. The highest BCUT2D eigenvalue weighted by molar-refractivity contribution is 5.59. The number of nitriles is 1. The number of hydrazone groups is 1. The van der Waals surface area contributed by atoms with Gasteiger partial charge in [-0.1, -0.05) is 13.3 Å². The van der Waals surface area contributed by atoms with E-state index < -0.39 is 0 Å². The summed E-state index contributed by atoms with van der Waals surface area (Å²) < 4.78 is 0. The summed E-state index contributed by atoms with van der Waals surface area (Å²) in [5.41, 5.74) is 0. The zero-order valence-corrected chi connectivity index (χ0v) is 9.14. The molecule has 0 saturated heterocycles. The summed E-state index contributed by atoms with van der Waals surface area (Å²) in [4.78, 5) is 1.63. The predicted molar refractivity (Wildman–Crippen MR) is 56.2 cm³/mol. The molecule has 14 heavy (non-hydrogen) atoms. The van der Waals surface area contributed by atoms with E-state index in [1.54, 1.807) is 11.2 Å². The van der Waals surface area contributed by atoms with Crippen LogP contribution >= 0.6 is 0 Å². The van der Waals surface area contributed by atoms with Gasteiger partial charge in [-0.25, -0.2) is 4.90 Å². The van der Waals surface area contributed by atoms with E-state index in [4.69, 9.17) is 5.26 Å². The third kappa shape index (κ3) is 2.16. The molecule has 4 nitrogen and oxygen atoms in total. The normalized spacial score (nSPS) is 20.6. The number of nitrogens with zero attached hydrogens (tertiary/aromatic N) is 4. The van der Waals surface area contributed by atoms with E-state index >= 15 is 0 Å². The molecule has 1 unspecified atom stereocenters. The summed E-state index contributed by atoms with van der Waals surface area (Å²) in [5, 5.41) is 15.1. The highest BCUT2D eigenvalue weighted by Crippen LogP contribution is 2.19. The molecule has 0 bridgehead atoms. The first-order valence-electron chi connectivity index (χ1n) is 5.21. The van der Waals surface area contributed by atoms with E-state index in [0.29, 0.717) is 6.04 Å². The van der Waals surface area contributed by atoms with Gasteiger partial charge >= 0.3 is 0 Å². The third-order valence-electron chi connectivity index (χ3n) is 2.40. The van der Waals surface area contributed by atoms with Gasteiger partial charge in [-0.3, -0.25) is 5.01 Å². The minimum Gasteiger partial charge on any atom is -0.270 e. The summed E-state index contributed by atoms with van der Waals surface area (Å²) in [7, 11) is 0. The summed E-state index contributed by atoms with van der Waals surface area (Å²) in [6.45, 7) is 6.35. The van der Waals surface area contributed by atoms with Crippen molar-refractivity contribution in [3.05, 3.63) is 0 Å². The summed E-state index contributed by atoms with van der Waals surface area (Å²) in [6, 6.07) is 0.353. The van der Waals surface area contributed by atoms with Crippen molar-refractivity contribution < 1.29 is 0 Å². The van der Waals surface area contributed by atoms with Crippen LogP contribution in [0, 0.1) is 11.5 Å². The molecule has 1 atom stereocenters. The minimum atomic E-state index is 0.139. The Hall–Kier alpha value is -1.24. The average Bonchev–Trinajstić information content (AvgIpc) is 2.57. The van der Waals surface area contributed by atoms with Gasteiger partial charge in [0.1, 0.15) is 12.5 Å². The Morgan fingerprint density at radius 2 is 2.29 bits per heavy atom. The lowest BCUT2D eigenvalue weighted by molar-refractivity contribution is 0.115. The van der Waals surface area contributed by atoms with Gasteiger partial charge in [0.2, 0.25) is 0 Å². The quantitative estimate of drug-likeness (QED) is 0.642. The Labute approximate surface area is 85.8 Å². The summed E-state index contributed by atoms with van der Waals surface area (Å²) >= 11 is 0. The summed E-state index contributed by atoms with van der Waals surface area (Å²) in [5.74, 6) is 0. The van der Waals surface area contributed by atoms with Crippen molar-refractivity contribution in [3.8, 4) is 6.19 Å². The molecule has 4 heteroatoms. The first-order chi connectivity index (χ1) is 6.70. The fourth-order valence-electron chi connectivity index (χ4n) is 1.62. The molecule has 1 aliphatic rings. The Bertz CT molecular complexity index is 241. The van der Waals surface area contributed by atoms with Crippen LogP contribution in [0.4, 0.5) is 0 Å². The smallest absolute Gasteiger partial charge is 0.187 e. The third-order valence-corrected chi connectivity index (χ3v) is 2.40. The number of hydrogen-bond acceptors (Lipinski definition) is 4. The maximum atomic E-state index is 8.89. The van der Waals surface area contributed by atoms with E-state index in [-0.39, 0.29) is 6.17 Å². The molecule has 78 valence electrons. The molecule has 1 rings (SSSR count). The molecule has 0 aromatic rings. The molecular weight excluding hydrogens is 176 g/mol. The van der Waals surface area contributed by atoms with E-state index in [2.05, 4.69) is 32.1 Å². The average molecular weight is 194 g/mol. The molecular formula is C10H18N4. The van der Waals surface area contributed by atoms with Crippen molar-refractivity contribution in [1.82, 2.24) is 9.91 Å². The Morgan fingerprint density at radius 3 is 2.79 bits per heavy atom. The second kappa shape index (κ2) is 4.85. The van der Waals surface area contributed by atoms with Gasteiger partial charge in [0.25, 0.3) is 0 Å². The zero-order chi connectivity index (χ0) is 10.6. The van der Waals surface area contributed by atoms with Gasteiger partial charge in [0.05, 0.1) is 0 Å². The standard InChI is InChI=1S/C10H18N4/c1-4-5-6-10-13(7-11)8-12-14(10)9(2)3/h8-10H,4-6H2,1-3H3. The molecule has 1 heterocycles. The van der Waals surface area contributed by atoms with Gasteiger partial charge in [0.15, 0.2) is 6.19 Å². The van der Waals surface area contributed by atoms with Gasteiger partial charge in [-0.05, 0) is 26.7 Å². The minimum absolute atomic E-state index is 0.139. The maximum Gasteiger partial charge on any atom is 0.187 e. The highest BCUT2D eigenvalue weighted by atomic mass is 15.6. The number of hydrogen-bond donors (Lipinski definition) is 0. The number of unbranched alkanes of at least 4 members (excludes halogenated alkanes) is 1. The lowest BCUT2D eigenvalue weighted by Gasteiger charge is -2.29. The van der Waals surface area contributed by atoms with Gasteiger partial charge in [0, 0.05) is 6.04 Å². The second-order valence-electron chi connectivity index (χ2n) is 3.83. The molecule has 0 saturated carbocycles. The predicted octanol–water partition coefficient (Wildman–Crippen LogP) is 1.95. The Kier molecular flexibility index (Phi) is 3.75. The van der Waals surface area contributed by atoms with Crippen LogP contribution in [-0.2, 0) is 0 Å². The topological polar surface area (TPSA) is 42.6 Å². The molecule has 0 aliphatic carbocycles. The van der Waals surface area contributed by atoms with E-state index in [0.717, 1.165) is 19.3 Å². The van der Waals surface area contributed by atoms with Crippen LogP contribution in [0.25, 0.3) is 0 Å². The monoisotopic (exact) mass is 194 g/mol.